The molecule has 154 valence electrons. The number of hydrogen-bond acceptors (Lipinski definition) is 6. The third-order valence-electron chi connectivity index (χ3n) is 3.98. The van der Waals surface area contributed by atoms with Crippen molar-refractivity contribution in [1.29, 1.82) is 0 Å². The first-order valence-electron chi connectivity index (χ1n) is 9.10. The summed E-state index contributed by atoms with van der Waals surface area (Å²) in [5.41, 5.74) is 0.517. The molecule has 8 heteroatoms. The Morgan fingerprint density at radius 1 is 1.14 bits per heavy atom. The van der Waals surface area contributed by atoms with Gasteiger partial charge in [-0.15, -0.1) is 0 Å². The Bertz CT molecular complexity index is 676. The number of ketones is 1. The minimum Gasteiger partial charge on any atom is -0.425 e. The smallest absolute Gasteiger partial charge is 0.334 e. The van der Waals surface area contributed by atoms with Crippen LogP contribution in [-0.4, -0.2) is 48.2 Å². The van der Waals surface area contributed by atoms with Gasteiger partial charge in [0.15, 0.2) is 5.78 Å². The van der Waals surface area contributed by atoms with Crippen LogP contribution in [0.25, 0.3) is 0 Å². The molecule has 1 aromatic carbocycles. The van der Waals surface area contributed by atoms with Crippen molar-refractivity contribution in [2.24, 2.45) is 5.92 Å². The number of benzene rings is 1. The van der Waals surface area contributed by atoms with Crippen molar-refractivity contribution in [3.05, 3.63) is 29.8 Å². The van der Waals surface area contributed by atoms with E-state index >= 15 is 0 Å². The van der Waals surface area contributed by atoms with Crippen LogP contribution in [0, 0.1) is 5.92 Å². The largest absolute Gasteiger partial charge is 0.425 e. The second-order valence-corrected chi connectivity index (χ2v) is 7.80. The zero-order chi connectivity index (χ0) is 21.1. The van der Waals surface area contributed by atoms with Gasteiger partial charge in [0.1, 0.15) is 17.8 Å². The molecule has 2 unspecified atom stereocenters. The van der Waals surface area contributed by atoms with Crippen molar-refractivity contribution in [3.8, 4) is 5.75 Å². The van der Waals surface area contributed by atoms with E-state index in [1.165, 1.54) is 19.1 Å². The Balaban J connectivity index is 2.84. The summed E-state index contributed by atoms with van der Waals surface area (Å²) < 4.78 is 5.37. The first-order chi connectivity index (χ1) is 13.3. The molecular formula is C20H28N2O5S. The van der Waals surface area contributed by atoms with Crippen LogP contribution >= 0.6 is 11.8 Å². The summed E-state index contributed by atoms with van der Waals surface area (Å²) in [6, 6.07) is 4.68. The molecule has 7 nitrogen and oxygen atoms in total. The summed E-state index contributed by atoms with van der Waals surface area (Å²) in [5, 5.41) is 5.18. The summed E-state index contributed by atoms with van der Waals surface area (Å²) in [5.74, 6) is 0.0372. The number of thioether (sulfide) groups is 1. The summed E-state index contributed by atoms with van der Waals surface area (Å²) in [7, 11) is 0. The number of Topliss-reactive ketones (excluding diaryl/α,β-unsaturated/α-hetero) is 1. The van der Waals surface area contributed by atoms with Gasteiger partial charge < -0.3 is 15.4 Å². The summed E-state index contributed by atoms with van der Waals surface area (Å²) >= 11 is 1.56. The van der Waals surface area contributed by atoms with Gasteiger partial charge in [0.25, 0.3) is 0 Å². The van der Waals surface area contributed by atoms with Gasteiger partial charge in [-0.05, 0) is 62.0 Å². The van der Waals surface area contributed by atoms with Crippen molar-refractivity contribution in [1.82, 2.24) is 10.6 Å². The molecule has 1 aromatic rings. The quantitative estimate of drug-likeness (QED) is 0.238. The van der Waals surface area contributed by atoms with Gasteiger partial charge in [-0.2, -0.15) is 11.8 Å². The Labute approximate surface area is 170 Å². The standard InChI is InChI=1S/C20H28N2O5S/c1-13(2)11-18(22-19(25)17(21-12-23)9-10-28-4)20(26)27-16-7-5-15(6-8-16)14(3)24/h5-8,12-13,17-18H,9-11H2,1-4H3,(H,21,23)(H,22,25). The minimum absolute atomic E-state index is 0.0817. The lowest BCUT2D eigenvalue weighted by molar-refractivity contribution is -0.140. The highest BCUT2D eigenvalue weighted by Gasteiger charge is 2.27. The van der Waals surface area contributed by atoms with Gasteiger partial charge in [-0.3, -0.25) is 14.4 Å². The molecule has 0 aromatic heterocycles. The molecular weight excluding hydrogens is 380 g/mol. The van der Waals surface area contributed by atoms with Crippen LogP contribution in [0.3, 0.4) is 0 Å². The first kappa shape index (κ1) is 23.7. The molecule has 0 radical (unpaired) electrons. The van der Waals surface area contributed by atoms with Crippen molar-refractivity contribution >= 4 is 35.8 Å². The number of carbonyl (C=O) groups is 4. The molecule has 2 amide bonds. The lowest BCUT2D eigenvalue weighted by atomic mass is 10.0. The Morgan fingerprint density at radius 2 is 1.79 bits per heavy atom. The molecule has 1 rings (SSSR count). The third kappa shape index (κ3) is 8.12. The van der Waals surface area contributed by atoms with Crippen LogP contribution in [0.2, 0.25) is 0 Å². The number of carbonyl (C=O) groups excluding carboxylic acids is 4. The van der Waals surface area contributed by atoms with E-state index < -0.39 is 24.0 Å². The average Bonchev–Trinajstić information content (AvgIpc) is 2.64. The van der Waals surface area contributed by atoms with Crippen LogP contribution in [-0.2, 0) is 14.4 Å². The average molecular weight is 409 g/mol. The van der Waals surface area contributed by atoms with E-state index in [1.807, 2.05) is 20.1 Å². The maximum Gasteiger partial charge on any atom is 0.334 e. The van der Waals surface area contributed by atoms with Crippen molar-refractivity contribution in [2.75, 3.05) is 12.0 Å². The molecule has 0 saturated carbocycles. The van der Waals surface area contributed by atoms with Crippen LogP contribution in [0.5, 0.6) is 5.75 Å². The first-order valence-corrected chi connectivity index (χ1v) is 10.5. The predicted molar refractivity (Wildman–Crippen MR) is 109 cm³/mol. The van der Waals surface area contributed by atoms with Crippen LogP contribution in [0.1, 0.15) is 44.0 Å². The van der Waals surface area contributed by atoms with E-state index in [1.54, 1.807) is 23.9 Å². The Hall–Kier alpha value is -2.35. The van der Waals surface area contributed by atoms with E-state index in [9.17, 15) is 19.2 Å². The van der Waals surface area contributed by atoms with E-state index in [2.05, 4.69) is 10.6 Å². The number of amides is 2. The lowest BCUT2D eigenvalue weighted by Gasteiger charge is -2.22. The van der Waals surface area contributed by atoms with E-state index in [0.29, 0.717) is 36.3 Å². The van der Waals surface area contributed by atoms with E-state index in [4.69, 9.17) is 4.74 Å². The molecule has 0 heterocycles. The maximum absolute atomic E-state index is 12.6. The van der Waals surface area contributed by atoms with Crippen molar-refractivity contribution in [2.45, 2.75) is 45.7 Å². The topological polar surface area (TPSA) is 102 Å². The Kier molecular flexibility index (Phi) is 10.3. The normalized spacial score (nSPS) is 12.8. The molecule has 0 saturated heterocycles. The maximum atomic E-state index is 12.6. The van der Waals surface area contributed by atoms with Gasteiger partial charge in [0.2, 0.25) is 12.3 Å². The van der Waals surface area contributed by atoms with Gasteiger partial charge in [0.05, 0.1) is 0 Å². The highest BCUT2D eigenvalue weighted by Crippen LogP contribution is 2.15. The molecule has 0 spiro atoms. The van der Waals surface area contributed by atoms with Crippen LogP contribution < -0.4 is 15.4 Å². The summed E-state index contributed by atoms with van der Waals surface area (Å²) in [4.78, 5) is 47.2. The van der Waals surface area contributed by atoms with Gasteiger partial charge in [-0.25, -0.2) is 4.79 Å². The van der Waals surface area contributed by atoms with Crippen LogP contribution in [0.15, 0.2) is 24.3 Å². The summed E-state index contributed by atoms with van der Waals surface area (Å²) in [6.45, 7) is 5.32. The van der Waals surface area contributed by atoms with Crippen molar-refractivity contribution in [3.63, 3.8) is 0 Å². The highest BCUT2D eigenvalue weighted by molar-refractivity contribution is 7.98. The zero-order valence-electron chi connectivity index (χ0n) is 16.7. The third-order valence-corrected chi connectivity index (χ3v) is 4.63. The molecule has 28 heavy (non-hydrogen) atoms. The van der Waals surface area contributed by atoms with Crippen molar-refractivity contribution < 1.29 is 23.9 Å². The second kappa shape index (κ2) is 12.2. The van der Waals surface area contributed by atoms with E-state index in [-0.39, 0.29) is 11.7 Å². The fourth-order valence-electron chi connectivity index (χ4n) is 2.51. The van der Waals surface area contributed by atoms with Crippen LogP contribution in [0.4, 0.5) is 0 Å². The van der Waals surface area contributed by atoms with E-state index in [0.717, 1.165) is 0 Å². The SMILES string of the molecule is CSCCC(NC=O)C(=O)NC(CC(C)C)C(=O)Oc1ccc(C(C)=O)cc1. The number of nitrogens with one attached hydrogen (secondary N) is 2. The fourth-order valence-corrected chi connectivity index (χ4v) is 2.98. The van der Waals surface area contributed by atoms with Gasteiger partial charge in [-0.1, -0.05) is 13.8 Å². The highest BCUT2D eigenvalue weighted by atomic mass is 32.2. The Morgan fingerprint density at radius 3 is 2.29 bits per heavy atom. The molecule has 0 aliphatic rings. The summed E-state index contributed by atoms with van der Waals surface area (Å²) in [6.07, 6.45) is 3.25. The second-order valence-electron chi connectivity index (χ2n) is 6.81. The number of hydrogen-bond donors (Lipinski definition) is 2. The molecule has 0 aliphatic carbocycles. The lowest BCUT2D eigenvalue weighted by Crippen LogP contribution is -2.51. The molecule has 0 fully saturated rings. The monoisotopic (exact) mass is 408 g/mol. The molecule has 2 atom stereocenters. The molecule has 0 aliphatic heterocycles. The van der Waals surface area contributed by atoms with Gasteiger partial charge >= 0.3 is 5.97 Å². The molecule has 0 bridgehead atoms. The number of rotatable bonds is 12. The minimum atomic E-state index is -0.842. The van der Waals surface area contributed by atoms with Gasteiger partial charge in [0, 0.05) is 5.56 Å². The predicted octanol–water partition coefficient (Wildman–Crippen LogP) is 2.19. The number of ether oxygens (including phenoxy) is 1. The zero-order valence-corrected chi connectivity index (χ0v) is 17.5. The number of esters is 1. The fraction of sp³-hybridized carbons (Fsp3) is 0.500. The molecule has 2 N–H and O–H groups in total.